The maximum absolute atomic E-state index is 13.8. The van der Waals surface area contributed by atoms with Gasteiger partial charge < -0.3 is 10.6 Å². The van der Waals surface area contributed by atoms with Crippen molar-refractivity contribution in [2.75, 3.05) is 23.7 Å². The minimum atomic E-state index is -0.781. The Morgan fingerprint density at radius 1 is 1.14 bits per heavy atom. The van der Waals surface area contributed by atoms with Gasteiger partial charge in [-0.25, -0.2) is 4.39 Å². The molecule has 2 aromatic rings. The van der Waals surface area contributed by atoms with E-state index in [0.29, 0.717) is 11.1 Å². The molecular formula is C16H18FN3O2. The van der Waals surface area contributed by atoms with Crippen LogP contribution in [0.25, 0.3) is 11.1 Å². The smallest absolute Gasteiger partial charge is 0.295 e. The lowest BCUT2D eigenvalue weighted by atomic mass is 10.0. The summed E-state index contributed by atoms with van der Waals surface area (Å²) in [4.78, 5) is 12.4. The van der Waals surface area contributed by atoms with Crippen LogP contribution in [-0.4, -0.2) is 18.0 Å². The number of nitrogens with two attached hydrogens (primary N) is 1. The van der Waals surface area contributed by atoms with Crippen molar-refractivity contribution < 1.29 is 9.31 Å². The largest absolute Gasteiger partial charge is 0.391 e. The number of benzene rings is 2. The lowest BCUT2D eigenvalue weighted by molar-refractivity contribution is -0.384. The molecule has 0 amide bonds. The molecule has 0 unspecified atom stereocenters. The molecule has 0 aromatic heterocycles. The maximum Gasteiger partial charge on any atom is 0.295 e. The van der Waals surface area contributed by atoms with E-state index in [-0.39, 0.29) is 0 Å². The molecule has 0 radical (unpaired) electrons. The maximum atomic E-state index is 13.8. The van der Waals surface area contributed by atoms with Gasteiger partial charge in [0.2, 0.25) is 0 Å². The molecule has 0 aliphatic heterocycles. The second-order valence-electron chi connectivity index (χ2n) is 4.87. The van der Waals surface area contributed by atoms with Gasteiger partial charge in [-0.1, -0.05) is 12.1 Å². The van der Waals surface area contributed by atoms with Gasteiger partial charge in [-0.15, -0.1) is 0 Å². The molecule has 0 spiro atoms. The normalized spacial score (nSPS) is 10.5. The van der Waals surface area contributed by atoms with Crippen molar-refractivity contribution in [1.29, 1.82) is 0 Å². The molecule has 0 saturated carbocycles. The fourth-order valence-corrected chi connectivity index (χ4v) is 2.37. The van der Waals surface area contributed by atoms with Crippen LogP contribution in [0.4, 0.5) is 21.5 Å². The Bertz CT molecular complexity index is 683. The number of hydrogen-bond acceptors (Lipinski definition) is 4. The average Bonchev–Trinajstić information content (AvgIpc) is 2.51. The fourth-order valence-electron chi connectivity index (χ4n) is 2.37. The molecule has 2 aromatic carbocycles. The van der Waals surface area contributed by atoms with E-state index < -0.39 is 22.1 Å². The number of nitrogens with zero attached hydrogens (tertiary/aromatic N) is 2. The van der Waals surface area contributed by atoms with E-state index in [1.54, 1.807) is 0 Å². The molecule has 0 heterocycles. The van der Waals surface area contributed by atoms with Crippen LogP contribution in [0, 0.1) is 15.9 Å². The van der Waals surface area contributed by atoms with Gasteiger partial charge in [0, 0.05) is 24.8 Å². The molecule has 2 N–H and O–H groups in total. The minimum Gasteiger partial charge on any atom is -0.391 e. The van der Waals surface area contributed by atoms with Crippen LogP contribution in [0.5, 0.6) is 0 Å². The summed E-state index contributed by atoms with van der Waals surface area (Å²) in [5.74, 6) is -0.781. The zero-order valence-corrected chi connectivity index (χ0v) is 12.5. The van der Waals surface area contributed by atoms with Gasteiger partial charge in [-0.2, -0.15) is 0 Å². The summed E-state index contributed by atoms with van der Waals surface area (Å²) in [6.45, 7) is 5.90. The molecular weight excluding hydrogens is 285 g/mol. The summed E-state index contributed by atoms with van der Waals surface area (Å²) in [6.07, 6.45) is 0. The molecule has 0 atom stereocenters. The van der Waals surface area contributed by atoms with Gasteiger partial charge in [0.05, 0.1) is 4.92 Å². The second kappa shape index (κ2) is 6.43. The van der Waals surface area contributed by atoms with E-state index in [4.69, 9.17) is 5.73 Å². The molecule has 6 heteroatoms. The van der Waals surface area contributed by atoms with Gasteiger partial charge in [0.15, 0.2) is 5.82 Å². The molecule has 116 valence electrons. The van der Waals surface area contributed by atoms with Crippen molar-refractivity contribution in [3.05, 3.63) is 52.3 Å². The predicted molar refractivity (Wildman–Crippen MR) is 86.5 cm³/mol. The molecule has 0 bridgehead atoms. The Labute approximate surface area is 128 Å². The molecule has 22 heavy (non-hydrogen) atoms. The first kappa shape index (κ1) is 15.8. The Morgan fingerprint density at radius 3 is 2.23 bits per heavy atom. The molecule has 2 rings (SSSR count). The van der Waals surface area contributed by atoms with Gasteiger partial charge >= 0.3 is 0 Å². The lowest BCUT2D eigenvalue weighted by Gasteiger charge is -2.21. The van der Waals surface area contributed by atoms with E-state index in [0.717, 1.165) is 18.8 Å². The number of nitro benzene ring substituents is 1. The van der Waals surface area contributed by atoms with Crippen LogP contribution in [0.3, 0.4) is 0 Å². The van der Waals surface area contributed by atoms with E-state index in [1.807, 2.05) is 24.3 Å². The number of anilines is 2. The van der Waals surface area contributed by atoms with Crippen LogP contribution >= 0.6 is 0 Å². The summed E-state index contributed by atoms with van der Waals surface area (Å²) in [6, 6.07) is 10.00. The molecule has 5 nitrogen and oxygen atoms in total. The Balaban J connectivity index is 2.42. The molecule has 0 aliphatic rings. The Hall–Kier alpha value is -2.63. The van der Waals surface area contributed by atoms with Gasteiger partial charge in [0.1, 0.15) is 5.69 Å². The number of nitro groups is 1. The predicted octanol–water partition coefficient (Wildman–Crippen LogP) is 3.83. The standard InChI is InChI=1S/C16H18FN3O2/c1-3-19(4-2)13-7-5-11(6-8-13)12-9-14(17)16(18)15(10-12)20(21)22/h5-10H,3-4,18H2,1-2H3. The Kier molecular flexibility index (Phi) is 4.60. The van der Waals surface area contributed by atoms with Crippen molar-refractivity contribution in [2.45, 2.75) is 13.8 Å². The van der Waals surface area contributed by atoms with E-state index in [9.17, 15) is 14.5 Å². The number of hydrogen-bond donors (Lipinski definition) is 1. The van der Waals surface area contributed by atoms with Gasteiger partial charge in [-0.05, 0) is 43.2 Å². The first-order chi connectivity index (χ1) is 10.5. The van der Waals surface area contributed by atoms with Gasteiger partial charge in [-0.3, -0.25) is 10.1 Å². The highest BCUT2D eigenvalue weighted by molar-refractivity contribution is 5.73. The highest BCUT2D eigenvalue weighted by Gasteiger charge is 2.18. The van der Waals surface area contributed by atoms with Crippen molar-refractivity contribution in [3.63, 3.8) is 0 Å². The molecule has 0 saturated heterocycles. The third-order valence-electron chi connectivity index (χ3n) is 3.63. The monoisotopic (exact) mass is 303 g/mol. The molecule has 0 fully saturated rings. The summed E-state index contributed by atoms with van der Waals surface area (Å²) in [5, 5.41) is 10.9. The Morgan fingerprint density at radius 2 is 1.73 bits per heavy atom. The average molecular weight is 303 g/mol. The van der Waals surface area contributed by atoms with Gasteiger partial charge in [0.25, 0.3) is 5.69 Å². The van der Waals surface area contributed by atoms with Crippen LogP contribution < -0.4 is 10.6 Å². The highest BCUT2D eigenvalue weighted by Crippen LogP contribution is 2.32. The second-order valence-corrected chi connectivity index (χ2v) is 4.87. The van der Waals surface area contributed by atoms with Crippen LogP contribution in [0.1, 0.15) is 13.8 Å². The summed E-state index contributed by atoms with van der Waals surface area (Å²) < 4.78 is 13.8. The van der Waals surface area contributed by atoms with Crippen LogP contribution in [0.15, 0.2) is 36.4 Å². The number of rotatable bonds is 5. The zero-order chi connectivity index (χ0) is 16.3. The first-order valence-corrected chi connectivity index (χ1v) is 7.06. The van der Waals surface area contributed by atoms with E-state index >= 15 is 0 Å². The van der Waals surface area contributed by atoms with E-state index in [2.05, 4.69) is 18.7 Å². The first-order valence-electron chi connectivity index (χ1n) is 7.06. The van der Waals surface area contributed by atoms with Crippen LogP contribution in [0.2, 0.25) is 0 Å². The number of nitrogen functional groups attached to an aromatic ring is 1. The SMILES string of the molecule is CCN(CC)c1ccc(-c2cc(F)c(N)c([N+](=O)[O-])c2)cc1. The van der Waals surface area contributed by atoms with Crippen molar-refractivity contribution in [1.82, 2.24) is 0 Å². The third kappa shape index (κ3) is 3.00. The summed E-state index contributed by atoms with van der Waals surface area (Å²) >= 11 is 0. The summed E-state index contributed by atoms with van der Waals surface area (Å²) in [7, 11) is 0. The number of halogens is 1. The summed E-state index contributed by atoms with van der Waals surface area (Å²) in [5.41, 5.74) is 6.75. The lowest BCUT2D eigenvalue weighted by Crippen LogP contribution is -2.21. The van der Waals surface area contributed by atoms with Crippen molar-refractivity contribution >= 4 is 17.1 Å². The van der Waals surface area contributed by atoms with Crippen molar-refractivity contribution in [3.8, 4) is 11.1 Å². The topological polar surface area (TPSA) is 72.4 Å². The fraction of sp³-hybridized carbons (Fsp3) is 0.250. The molecule has 0 aliphatic carbocycles. The highest BCUT2D eigenvalue weighted by atomic mass is 19.1. The van der Waals surface area contributed by atoms with Crippen LogP contribution in [-0.2, 0) is 0 Å². The minimum absolute atomic E-state index is 0.414. The third-order valence-corrected chi connectivity index (χ3v) is 3.63. The van der Waals surface area contributed by atoms with E-state index in [1.165, 1.54) is 12.1 Å². The quantitative estimate of drug-likeness (QED) is 0.517. The zero-order valence-electron chi connectivity index (χ0n) is 12.5. The van der Waals surface area contributed by atoms with Crippen molar-refractivity contribution in [2.24, 2.45) is 0 Å².